The average Bonchev–Trinajstić information content (AvgIpc) is 2.74. The number of amides is 2. The molecule has 0 aliphatic rings. The Morgan fingerprint density at radius 2 is 1.43 bits per heavy atom. The Morgan fingerprint density at radius 1 is 0.800 bits per heavy atom. The normalized spacial score (nSPS) is 10.8. The van der Waals surface area contributed by atoms with Gasteiger partial charge in [0.15, 0.2) is 0 Å². The number of hydrogen-bond acceptors (Lipinski definition) is 4. The summed E-state index contributed by atoms with van der Waals surface area (Å²) in [7, 11) is -3.85. The zero-order valence-corrected chi connectivity index (χ0v) is 16.4. The Hall–Kier alpha value is -3.72. The highest BCUT2D eigenvalue weighted by Crippen LogP contribution is 2.17. The van der Waals surface area contributed by atoms with Gasteiger partial charge in [-0.25, -0.2) is 12.8 Å². The number of nitrogens with one attached hydrogen (secondary N) is 3. The van der Waals surface area contributed by atoms with E-state index in [1.165, 1.54) is 24.3 Å². The van der Waals surface area contributed by atoms with Gasteiger partial charge in [-0.3, -0.25) is 25.2 Å². The van der Waals surface area contributed by atoms with Gasteiger partial charge in [0, 0.05) is 11.3 Å². The number of anilines is 1. The van der Waals surface area contributed by atoms with Crippen LogP contribution in [-0.4, -0.2) is 20.2 Å². The lowest BCUT2D eigenvalue weighted by molar-refractivity contribution is -0.121. The number of sulfonamides is 1. The van der Waals surface area contributed by atoms with Gasteiger partial charge < -0.3 is 0 Å². The Kier molecular flexibility index (Phi) is 6.43. The fraction of sp³-hybridized carbons (Fsp3) is 0.0476. The Bertz CT molecular complexity index is 1130. The van der Waals surface area contributed by atoms with Crippen LogP contribution in [0.15, 0.2) is 83.8 Å². The maximum absolute atomic E-state index is 13.0. The van der Waals surface area contributed by atoms with E-state index in [0.29, 0.717) is 16.8 Å². The molecular formula is C21H18FN3O4S. The van der Waals surface area contributed by atoms with E-state index in [9.17, 15) is 22.4 Å². The quantitative estimate of drug-likeness (QED) is 0.526. The van der Waals surface area contributed by atoms with E-state index in [-0.39, 0.29) is 11.3 Å². The van der Waals surface area contributed by atoms with Gasteiger partial charge in [0.2, 0.25) is 5.91 Å². The molecule has 3 aromatic carbocycles. The van der Waals surface area contributed by atoms with Crippen LogP contribution in [0.25, 0.3) is 0 Å². The monoisotopic (exact) mass is 427 g/mol. The van der Waals surface area contributed by atoms with Crippen molar-refractivity contribution in [2.75, 3.05) is 4.72 Å². The van der Waals surface area contributed by atoms with Crippen LogP contribution in [0, 0.1) is 5.82 Å². The summed E-state index contributed by atoms with van der Waals surface area (Å²) in [6, 6.07) is 19.1. The van der Waals surface area contributed by atoms with E-state index in [1.807, 2.05) is 0 Å². The van der Waals surface area contributed by atoms with E-state index < -0.39 is 27.7 Å². The summed E-state index contributed by atoms with van der Waals surface area (Å²) < 4.78 is 40.0. The number of benzene rings is 3. The van der Waals surface area contributed by atoms with Crippen LogP contribution in [0.4, 0.5) is 10.1 Å². The first-order valence-electron chi connectivity index (χ1n) is 8.85. The highest BCUT2D eigenvalue weighted by Gasteiger charge is 2.14. The Morgan fingerprint density at radius 3 is 2.07 bits per heavy atom. The molecule has 7 nitrogen and oxygen atoms in total. The van der Waals surface area contributed by atoms with Crippen LogP contribution in [0.5, 0.6) is 0 Å². The highest BCUT2D eigenvalue weighted by molar-refractivity contribution is 7.92. The molecule has 0 fully saturated rings. The number of carbonyl (C=O) groups is 2. The second kappa shape index (κ2) is 9.19. The van der Waals surface area contributed by atoms with Gasteiger partial charge in [0.25, 0.3) is 15.9 Å². The van der Waals surface area contributed by atoms with Crippen molar-refractivity contribution in [1.82, 2.24) is 10.9 Å². The lowest BCUT2D eigenvalue weighted by Gasteiger charge is -2.10. The standard InChI is InChI=1S/C21H18FN3O4S/c22-17-8-12-19(13-9-17)30(28,29)25-18-10-6-15(7-11-18)14-20(26)23-24-21(27)16-4-2-1-3-5-16/h1-13,25H,14H2,(H,23,26)(H,24,27). The molecule has 3 aromatic rings. The van der Waals surface area contributed by atoms with Gasteiger partial charge in [0.1, 0.15) is 5.82 Å². The summed E-state index contributed by atoms with van der Waals surface area (Å²) in [5.74, 6) is -1.40. The molecule has 9 heteroatoms. The Labute approximate surface area is 173 Å². The smallest absolute Gasteiger partial charge is 0.269 e. The van der Waals surface area contributed by atoms with E-state index in [1.54, 1.807) is 42.5 Å². The van der Waals surface area contributed by atoms with Crippen molar-refractivity contribution >= 4 is 27.5 Å². The number of carbonyl (C=O) groups excluding carboxylic acids is 2. The first-order chi connectivity index (χ1) is 14.3. The lowest BCUT2D eigenvalue weighted by Crippen LogP contribution is -2.42. The molecule has 0 saturated carbocycles. The minimum absolute atomic E-state index is 0.0138. The summed E-state index contributed by atoms with van der Waals surface area (Å²) in [5, 5.41) is 0. The lowest BCUT2D eigenvalue weighted by atomic mass is 10.1. The zero-order chi connectivity index (χ0) is 21.6. The fourth-order valence-corrected chi connectivity index (χ4v) is 3.59. The molecule has 2 amide bonds. The molecule has 0 heterocycles. The summed E-state index contributed by atoms with van der Waals surface area (Å²) in [5.41, 5.74) is 5.98. The van der Waals surface area contributed by atoms with Crippen LogP contribution < -0.4 is 15.6 Å². The van der Waals surface area contributed by atoms with Crippen LogP contribution in [0.3, 0.4) is 0 Å². The molecule has 0 aliphatic carbocycles. The molecule has 0 aliphatic heterocycles. The second-order valence-electron chi connectivity index (χ2n) is 6.30. The van der Waals surface area contributed by atoms with E-state index in [0.717, 1.165) is 12.1 Å². The zero-order valence-electron chi connectivity index (χ0n) is 15.6. The molecule has 30 heavy (non-hydrogen) atoms. The summed E-state index contributed by atoms with van der Waals surface area (Å²) in [6.45, 7) is 0. The van der Waals surface area contributed by atoms with Crippen LogP contribution in [0.1, 0.15) is 15.9 Å². The SMILES string of the molecule is O=C(Cc1ccc(NS(=O)(=O)c2ccc(F)cc2)cc1)NNC(=O)c1ccccc1. The predicted molar refractivity (Wildman–Crippen MR) is 109 cm³/mol. The fourth-order valence-electron chi connectivity index (χ4n) is 2.54. The predicted octanol–water partition coefficient (Wildman–Crippen LogP) is 2.63. The molecule has 0 radical (unpaired) electrons. The summed E-state index contributed by atoms with van der Waals surface area (Å²) in [4.78, 5) is 23.8. The maximum Gasteiger partial charge on any atom is 0.269 e. The van der Waals surface area contributed by atoms with Crippen molar-refractivity contribution in [3.05, 3.63) is 95.8 Å². The topological polar surface area (TPSA) is 104 Å². The number of halogens is 1. The first kappa shape index (κ1) is 21.0. The van der Waals surface area contributed by atoms with Gasteiger partial charge in [-0.05, 0) is 54.1 Å². The molecule has 3 rings (SSSR count). The largest absolute Gasteiger partial charge is 0.280 e. The van der Waals surface area contributed by atoms with Crippen molar-refractivity contribution in [3.8, 4) is 0 Å². The molecular weight excluding hydrogens is 409 g/mol. The third-order valence-corrected chi connectivity index (χ3v) is 5.44. The number of hydrazine groups is 1. The first-order valence-corrected chi connectivity index (χ1v) is 10.3. The van der Waals surface area contributed by atoms with Crippen molar-refractivity contribution in [2.45, 2.75) is 11.3 Å². The highest BCUT2D eigenvalue weighted by atomic mass is 32.2. The molecule has 0 unspecified atom stereocenters. The van der Waals surface area contributed by atoms with Crippen molar-refractivity contribution in [2.24, 2.45) is 0 Å². The van der Waals surface area contributed by atoms with Crippen molar-refractivity contribution in [1.29, 1.82) is 0 Å². The van der Waals surface area contributed by atoms with Gasteiger partial charge in [-0.1, -0.05) is 30.3 Å². The molecule has 0 atom stereocenters. The van der Waals surface area contributed by atoms with Crippen molar-refractivity contribution in [3.63, 3.8) is 0 Å². The molecule has 3 N–H and O–H groups in total. The van der Waals surface area contributed by atoms with Gasteiger partial charge >= 0.3 is 0 Å². The van der Waals surface area contributed by atoms with Crippen molar-refractivity contribution < 1.29 is 22.4 Å². The molecule has 0 saturated heterocycles. The minimum atomic E-state index is -3.85. The van der Waals surface area contributed by atoms with E-state index >= 15 is 0 Å². The minimum Gasteiger partial charge on any atom is -0.280 e. The second-order valence-corrected chi connectivity index (χ2v) is 7.98. The van der Waals surface area contributed by atoms with Crippen LogP contribution in [0.2, 0.25) is 0 Å². The van der Waals surface area contributed by atoms with Crippen LogP contribution in [-0.2, 0) is 21.2 Å². The maximum atomic E-state index is 13.0. The molecule has 0 spiro atoms. The number of rotatable bonds is 6. The Balaban J connectivity index is 1.54. The summed E-state index contributed by atoms with van der Waals surface area (Å²) in [6.07, 6.45) is -0.0138. The average molecular weight is 427 g/mol. The van der Waals surface area contributed by atoms with Crippen LogP contribution >= 0.6 is 0 Å². The van der Waals surface area contributed by atoms with E-state index in [2.05, 4.69) is 15.6 Å². The third kappa shape index (κ3) is 5.65. The van der Waals surface area contributed by atoms with Gasteiger partial charge in [-0.2, -0.15) is 0 Å². The van der Waals surface area contributed by atoms with Gasteiger partial charge in [-0.15, -0.1) is 0 Å². The summed E-state index contributed by atoms with van der Waals surface area (Å²) >= 11 is 0. The molecule has 0 bridgehead atoms. The molecule has 0 aromatic heterocycles. The number of hydrogen-bond donors (Lipinski definition) is 3. The third-order valence-electron chi connectivity index (χ3n) is 4.05. The van der Waals surface area contributed by atoms with E-state index in [4.69, 9.17) is 0 Å². The molecule has 154 valence electrons. The van der Waals surface area contributed by atoms with Gasteiger partial charge in [0.05, 0.1) is 11.3 Å².